The molecule has 9 heteroatoms. The maximum absolute atomic E-state index is 12.5. The molecule has 0 unspecified atom stereocenters. The van der Waals surface area contributed by atoms with Gasteiger partial charge in [0.05, 0.1) is 10.6 Å². The molecule has 0 saturated heterocycles. The van der Waals surface area contributed by atoms with E-state index in [1.54, 1.807) is 19.1 Å². The third-order valence-corrected chi connectivity index (χ3v) is 6.47. The van der Waals surface area contributed by atoms with Crippen LogP contribution in [0.2, 0.25) is 5.02 Å². The summed E-state index contributed by atoms with van der Waals surface area (Å²) < 4.78 is 27.3. The number of benzene rings is 2. The zero-order chi connectivity index (χ0) is 19.6. The molecule has 0 bridgehead atoms. The van der Waals surface area contributed by atoms with E-state index in [9.17, 15) is 13.2 Å². The molecule has 0 aliphatic rings. The highest BCUT2D eigenvalue weighted by Crippen LogP contribution is 2.26. The van der Waals surface area contributed by atoms with Gasteiger partial charge in [-0.3, -0.25) is 9.52 Å². The van der Waals surface area contributed by atoms with Crippen LogP contribution in [0.3, 0.4) is 0 Å². The molecule has 27 heavy (non-hydrogen) atoms. The van der Waals surface area contributed by atoms with Gasteiger partial charge in [0.1, 0.15) is 4.88 Å². The van der Waals surface area contributed by atoms with Crippen LogP contribution in [0.1, 0.15) is 20.9 Å². The molecule has 2 aromatic carbocycles. The molecule has 0 fully saturated rings. The molecule has 0 spiro atoms. The van der Waals surface area contributed by atoms with Crippen molar-refractivity contribution < 1.29 is 13.2 Å². The molecule has 1 aromatic heterocycles. The van der Waals surface area contributed by atoms with Crippen molar-refractivity contribution in [3.63, 3.8) is 0 Å². The van der Waals surface area contributed by atoms with Gasteiger partial charge in [-0.2, -0.15) is 0 Å². The lowest BCUT2D eigenvalue weighted by atomic mass is 10.2. The van der Waals surface area contributed by atoms with E-state index in [-0.39, 0.29) is 15.9 Å². The van der Waals surface area contributed by atoms with Gasteiger partial charge in [0.2, 0.25) is 0 Å². The molecule has 1 amide bonds. The number of sulfonamides is 1. The molecule has 1 heterocycles. The number of rotatable bonds is 5. The quantitative estimate of drug-likeness (QED) is 0.636. The van der Waals surface area contributed by atoms with Crippen LogP contribution >= 0.6 is 22.9 Å². The Labute approximate surface area is 166 Å². The number of aryl methyl sites for hydroxylation is 2. The van der Waals surface area contributed by atoms with Crippen LogP contribution in [0.4, 0.5) is 10.8 Å². The SMILES string of the molecule is Cc1ccc(NC(=O)c2sc(NS(=O)(=O)c3ccc(Cl)cc3)nc2C)cc1. The van der Waals surface area contributed by atoms with E-state index >= 15 is 0 Å². The topological polar surface area (TPSA) is 88.2 Å². The van der Waals surface area contributed by atoms with Crippen molar-refractivity contribution in [1.82, 2.24) is 4.98 Å². The van der Waals surface area contributed by atoms with Gasteiger partial charge in [0, 0.05) is 10.7 Å². The summed E-state index contributed by atoms with van der Waals surface area (Å²) in [6.45, 7) is 3.61. The smallest absolute Gasteiger partial charge is 0.267 e. The maximum atomic E-state index is 12.5. The van der Waals surface area contributed by atoms with Gasteiger partial charge < -0.3 is 5.32 Å². The highest BCUT2D eigenvalue weighted by Gasteiger charge is 2.20. The summed E-state index contributed by atoms with van der Waals surface area (Å²) in [5.41, 5.74) is 2.18. The number of nitrogens with one attached hydrogen (secondary N) is 2. The van der Waals surface area contributed by atoms with Crippen molar-refractivity contribution in [3.05, 3.63) is 69.7 Å². The molecule has 2 N–H and O–H groups in total. The van der Waals surface area contributed by atoms with Gasteiger partial charge in [-0.25, -0.2) is 13.4 Å². The van der Waals surface area contributed by atoms with Gasteiger partial charge in [-0.15, -0.1) is 0 Å². The third-order valence-electron chi connectivity index (χ3n) is 3.66. The number of aromatic nitrogens is 1. The van der Waals surface area contributed by atoms with Crippen LogP contribution in [0.25, 0.3) is 0 Å². The first-order valence-electron chi connectivity index (χ1n) is 7.88. The van der Waals surface area contributed by atoms with Crippen LogP contribution in [0, 0.1) is 13.8 Å². The van der Waals surface area contributed by atoms with Gasteiger partial charge in [-0.1, -0.05) is 40.6 Å². The molecule has 3 aromatic rings. The Bertz CT molecular complexity index is 1080. The summed E-state index contributed by atoms with van der Waals surface area (Å²) in [4.78, 5) is 17.0. The minimum Gasteiger partial charge on any atom is -0.321 e. The Hall–Kier alpha value is -2.42. The Balaban J connectivity index is 1.78. The number of carbonyl (C=O) groups excluding carboxylic acids is 1. The predicted octanol–water partition coefficient (Wildman–Crippen LogP) is 4.47. The number of carbonyl (C=O) groups is 1. The second-order valence-corrected chi connectivity index (χ2v) is 8.93. The second kappa shape index (κ2) is 7.67. The first-order valence-corrected chi connectivity index (χ1v) is 10.6. The van der Waals surface area contributed by atoms with E-state index in [4.69, 9.17) is 11.6 Å². The van der Waals surface area contributed by atoms with E-state index in [1.807, 2.05) is 19.1 Å². The number of amides is 1. The monoisotopic (exact) mass is 421 g/mol. The summed E-state index contributed by atoms with van der Waals surface area (Å²) in [7, 11) is -3.82. The molecule has 0 radical (unpaired) electrons. The molecule has 0 saturated carbocycles. The summed E-state index contributed by atoms with van der Waals surface area (Å²) in [6.07, 6.45) is 0. The van der Waals surface area contributed by atoms with Crippen molar-refractivity contribution in [1.29, 1.82) is 0 Å². The largest absolute Gasteiger partial charge is 0.321 e. The highest BCUT2D eigenvalue weighted by molar-refractivity contribution is 7.93. The molecule has 0 aliphatic heterocycles. The average molecular weight is 422 g/mol. The van der Waals surface area contributed by atoms with Gasteiger partial charge in [0.15, 0.2) is 5.13 Å². The van der Waals surface area contributed by atoms with Gasteiger partial charge >= 0.3 is 0 Å². The zero-order valence-corrected chi connectivity index (χ0v) is 16.9. The van der Waals surface area contributed by atoms with Crippen LogP contribution < -0.4 is 10.0 Å². The molecule has 140 valence electrons. The number of hydrogen-bond acceptors (Lipinski definition) is 5. The first kappa shape index (κ1) is 19.3. The minimum absolute atomic E-state index is 0.0606. The fourth-order valence-electron chi connectivity index (χ4n) is 2.26. The summed E-state index contributed by atoms with van der Waals surface area (Å²) in [5, 5.41) is 3.34. The number of nitrogens with zero attached hydrogens (tertiary/aromatic N) is 1. The lowest BCUT2D eigenvalue weighted by Crippen LogP contribution is -2.12. The van der Waals surface area contributed by atoms with E-state index < -0.39 is 10.0 Å². The number of hydrogen-bond donors (Lipinski definition) is 2. The van der Waals surface area contributed by atoms with Crippen molar-refractivity contribution in [3.8, 4) is 0 Å². The third kappa shape index (κ3) is 4.65. The molecule has 0 atom stereocenters. The Morgan fingerprint density at radius 2 is 1.67 bits per heavy atom. The Kier molecular flexibility index (Phi) is 5.50. The molecule has 0 aliphatic carbocycles. The Morgan fingerprint density at radius 3 is 2.30 bits per heavy atom. The van der Waals surface area contributed by atoms with Crippen molar-refractivity contribution in [2.75, 3.05) is 10.0 Å². The van der Waals surface area contributed by atoms with Crippen molar-refractivity contribution >= 4 is 49.7 Å². The van der Waals surface area contributed by atoms with Crippen LogP contribution in [-0.4, -0.2) is 19.3 Å². The minimum atomic E-state index is -3.82. The normalized spacial score (nSPS) is 11.2. The Morgan fingerprint density at radius 1 is 1.04 bits per heavy atom. The van der Waals surface area contributed by atoms with E-state index in [1.165, 1.54) is 24.3 Å². The predicted molar refractivity (Wildman–Crippen MR) is 108 cm³/mol. The molecular formula is C18H16ClN3O3S2. The van der Waals surface area contributed by atoms with E-state index in [2.05, 4.69) is 15.0 Å². The van der Waals surface area contributed by atoms with Crippen molar-refractivity contribution in [2.24, 2.45) is 0 Å². The van der Waals surface area contributed by atoms with Crippen LogP contribution in [0.15, 0.2) is 53.4 Å². The lowest BCUT2D eigenvalue weighted by molar-refractivity contribution is 0.103. The van der Waals surface area contributed by atoms with Gasteiger partial charge in [-0.05, 0) is 50.2 Å². The molecular weight excluding hydrogens is 406 g/mol. The van der Waals surface area contributed by atoms with Crippen LogP contribution in [-0.2, 0) is 10.0 Å². The fraction of sp³-hybridized carbons (Fsp3) is 0.111. The molecule has 6 nitrogen and oxygen atoms in total. The maximum Gasteiger partial charge on any atom is 0.267 e. The summed E-state index contributed by atoms with van der Waals surface area (Å²) >= 11 is 6.76. The average Bonchev–Trinajstić information content (AvgIpc) is 2.97. The van der Waals surface area contributed by atoms with Crippen molar-refractivity contribution in [2.45, 2.75) is 18.7 Å². The van der Waals surface area contributed by atoms with E-state index in [0.29, 0.717) is 21.3 Å². The fourth-order valence-corrected chi connectivity index (χ4v) is 4.49. The lowest BCUT2D eigenvalue weighted by Gasteiger charge is -2.05. The van der Waals surface area contributed by atoms with Crippen LogP contribution in [0.5, 0.6) is 0 Å². The molecule has 3 rings (SSSR count). The number of halogens is 1. The number of thiazole rings is 1. The number of anilines is 2. The summed E-state index contributed by atoms with van der Waals surface area (Å²) in [6, 6.07) is 13.2. The van der Waals surface area contributed by atoms with E-state index in [0.717, 1.165) is 16.9 Å². The highest BCUT2D eigenvalue weighted by atomic mass is 35.5. The zero-order valence-electron chi connectivity index (χ0n) is 14.5. The summed E-state index contributed by atoms with van der Waals surface area (Å²) in [5.74, 6) is -0.342. The van der Waals surface area contributed by atoms with Gasteiger partial charge in [0.25, 0.3) is 15.9 Å². The second-order valence-electron chi connectivity index (χ2n) is 5.81. The first-order chi connectivity index (χ1) is 12.7. The standard InChI is InChI=1S/C18H16ClN3O3S2/c1-11-3-7-14(8-4-11)21-17(23)16-12(2)20-18(26-16)22-27(24,25)15-9-5-13(19)6-10-15/h3-10H,1-2H3,(H,20,22)(H,21,23).